The minimum Gasteiger partial charge on any atom is -0.497 e. The normalized spacial score (nSPS) is 17.5. The van der Waals surface area contributed by atoms with Crippen LogP contribution in [-0.2, 0) is 4.74 Å². The van der Waals surface area contributed by atoms with Crippen LogP contribution in [0.25, 0.3) is 11.1 Å². The van der Waals surface area contributed by atoms with Gasteiger partial charge in [0, 0.05) is 30.4 Å². The Hall–Kier alpha value is -1.96. The fourth-order valence-electron chi connectivity index (χ4n) is 2.82. The molecule has 1 fully saturated rings. The van der Waals surface area contributed by atoms with Crippen molar-refractivity contribution in [3.8, 4) is 16.9 Å². The van der Waals surface area contributed by atoms with E-state index < -0.39 is 0 Å². The molecule has 3 rings (SSSR count). The van der Waals surface area contributed by atoms with Crippen LogP contribution in [0.4, 0.5) is 10.3 Å². The molecule has 1 aliphatic heterocycles. The molecule has 0 aliphatic carbocycles. The molecule has 8 heteroatoms. The van der Waals surface area contributed by atoms with Gasteiger partial charge in [0.25, 0.3) is 0 Å². The first kappa shape index (κ1) is 20.4. The Morgan fingerprint density at radius 1 is 1.38 bits per heavy atom. The van der Waals surface area contributed by atoms with E-state index in [0.717, 1.165) is 13.2 Å². The molecule has 1 N–H and O–H groups in total. The highest BCUT2D eigenvalue weighted by Crippen LogP contribution is 2.28. The zero-order chi connectivity index (χ0) is 17.8. The highest BCUT2D eigenvalue weighted by Gasteiger charge is 2.19. The largest absolute Gasteiger partial charge is 0.497 e. The lowest BCUT2D eigenvalue weighted by Crippen LogP contribution is -2.46. The van der Waals surface area contributed by atoms with Gasteiger partial charge in [0.05, 0.1) is 32.1 Å². The summed E-state index contributed by atoms with van der Waals surface area (Å²) in [6.07, 6.45) is 1.64. The summed E-state index contributed by atoms with van der Waals surface area (Å²) in [4.78, 5) is 11.1. The minimum absolute atomic E-state index is 0. The average molecular weight is 383 g/mol. The van der Waals surface area contributed by atoms with Gasteiger partial charge in [-0.25, -0.2) is 14.4 Å². The molecule has 6 nitrogen and oxygen atoms in total. The zero-order valence-corrected chi connectivity index (χ0v) is 16.0. The number of halogens is 2. The topological polar surface area (TPSA) is 59.5 Å². The van der Waals surface area contributed by atoms with E-state index in [4.69, 9.17) is 9.47 Å². The van der Waals surface area contributed by atoms with Crippen LogP contribution < -0.4 is 10.1 Å². The number of nitrogens with zero attached hydrogens (tertiary/aromatic N) is 3. The Kier molecular flexibility index (Phi) is 7.14. The minimum atomic E-state index is -0.325. The van der Waals surface area contributed by atoms with Gasteiger partial charge in [-0.1, -0.05) is 0 Å². The number of aryl methyl sites for hydroxylation is 1. The zero-order valence-electron chi connectivity index (χ0n) is 15.2. The Morgan fingerprint density at radius 3 is 2.88 bits per heavy atom. The van der Waals surface area contributed by atoms with Gasteiger partial charge in [-0.3, -0.25) is 4.90 Å². The number of methoxy groups -OCH3 is 1. The second kappa shape index (κ2) is 9.12. The fraction of sp³-hybridized carbons (Fsp3) is 0.444. The molecule has 1 unspecified atom stereocenters. The lowest BCUT2D eigenvalue weighted by Gasteiger charge is -2.32. The number of rotatable bonds is 5. The van der Waals surface area contributed by atoms with Gasteiger partial charge in [0.1, 0.15) is 11.6 Å². The lowest BCUT2D eigenvalue weighted by atomic mass is 10.1. The predicted octanol–water partition coefficient (Wildman–Crippen LogP) is 2.76. The first-order valence-corrected chi connectivity index (χ1v) is 8.28. The lowest BCUT2D eigenvalue weighted by molar-refractivity contribution is 0.0109. The van der Waals surface area contributed by atoms with Gasteiger partial charge in [-0.05, 0) is 32.2 Å². The van der Waals surface area contributed by atoms with Crippen molar-refractivity contribution in [1.29, 1.82) is 0 Å². The molecule has 0 bridgehead atoms. The van der Waals surface area contributed by atoms with Crippen molar-refractivity contribution in [3.63, 3.8) is 0 Å². The van der Waals surface area contributed by atoms with E-state index in [9.17, 15) is 4.39 Å². The number of aromatic nitrogens is 2. The number of hydrogen-bond donors (Lipinski definition) is 1. The Balaban J connectivity index is 0.00000243. The Bertz CT molecular complexity index is 747. The summed E-state index contributed by atoms with van der Waals surface area (Å²) in [5.41, 5.74) is 1.79. The third-order valence-electron chi connectivity index (χ3n) is 4.46. The van der Waals surface area contributed by atoms with E-state index in [-0.39, 0.29) is 24.3 Å². The molecule has 0 amide bonds. The van der Waals surface area contributed by atoms with E-state index in [0.29, 0.717) is 41.7 Å². The van der Waals surface area contributed by atoms with Gasteiger partial charge >= 0.3 is 0 Å². The van der Waals surface area contributed by atoms with Crippen LogP contribution in [0.3, 0.4) is 0 Å². The maximum Gasteiger partial charge on any atom is 0.222 e. The average Bonchev–Trinajstić information content (AvgIpc) is 2.62. The van der Waals surface area contributed by atoms with Crippen LogP contribution in [0.2, 0.25) is 0 Å². The second-order valence-electron chi connectivity index (χ2n) is 6.13. The molecule has 1 atom stereocenters. The summed E-state index contributed by atoms with van der Waals surface area (Å²) in [5, 5.41) is 3.24. The van der Waals surface area contributed by atoms with Gasteiger partial charge in [-0.2, -0.15) is 0 Å². The van der Waals surface area contributed by atoms with Gasteiger partial charge < -0.3 is 14.8 Å². The summed E-state index contributed by atoms with van der Waals surface area (Å²) < 4.78 is 24.8. The Labute approximate surface area is 159 Å². The van der Waals surface area contributed by atoms with E-state index in [1.54, 1.807) is 25.4 Å². The van der Waals surface area contributed by atoms with Crippen molar-refractivity contribution in [2.75, 3.05) is 45.8 Å². The van der Waals surface area contributed by atoms with E-state index in [1.165, 1.54) is 6.07 Å². The molecular weight excluding hydrogens is 359 g/mol. The molecule has 1 aromatic heterocycles. The first-order chi connectivity index (χ1) is 12.1. The number of morpholine rings is 1. The van der Waals surface area contributed by atoms with Crippen molar-refractivity contribution < 1.29 is 13.9 Å². The number of likely N-dealkylation sites (N-methyl/N-ethyl adjacent to an activating group) is 1. The van der Waals surface area contributed by atoms with E-state index in [1.807, 2.05) is 6.92 Å². The molecule has 1 aliphatic rings. The van der Waals surface area contributed by atoms with Crippen molar-refractivity contribution in [2.24, 2.45) is 0 Å². The third-order valence-corrected chi connectivity index (χ3v) is 4.46. The van der Waals surface area contributed by atoms with Crippen LogP contribution in [0.1, 0.15) is 5.69 Å². The van der Waals surface area contributed by atoms with Crippen LogP contribution in [0.5, 0.6) is 5.75 Å². The number of nitrogens with one attached hydrogen (secondary N) is 1. The highest BCUT2D eigenvalue weighted by atomic mass is 35.5. The molecule has 1 saturated heterocycles. The summed E-state index contributed by atoms with van der Waals surface area (Å²) in [6.45, 7) is 4.92. The monoisotopic (exact) mass is 382 g/mol. The molecule has 2 aromatic rings. The number of benzene rings is 1. The van der Waals surface area contributed by atoms with Crippen molar-refractivity contribution in [1.82, 2.24) is 14.9 Å². The van der Waals surface area contributed by atoms with Gasteiger partial charge in [-0.15, -0.1) is 12.4 Å². The van der Waals surface area contributed by atoms with Crippen LogP contribution in [-0.4, -0.2) is 61.4 Å². The van der Waals surface area contributed by atoms with E-state index in [2.05, 4.69) is 27.2 Å². The molecule has 1 aromatic carbocycles. The summed E-state index contributed by atoms with van der Waals surface area (Å²) in [5.74, 6) is 0.802. The van der Waals surface area contributed by atoms with Crippen LogP contribution in [0, 0.1) is 12.7 Å². The number of hydrogen-bond acceptors (Lipinski definition) is 6. The first-order valence-electron chi connectivity index (χ1n) is 8.28. The number of anilines is 1. The quantitative estimate of drug-likeness (QED) is 0.858. The van der Waals surface area contributed by atoms with Crippen molar-refractivity contribution >= 4 is 18.4 Å². The summed E-state index contributed by atoms with van der Waals surface area (Å²) in [7, 11) is 3.63. The maximum atomic E-state index is 14.2. The third kappa shape index (κ3) is 4.60. The predicted molar refractivity (Wildman–Crippen MR) is 102 cm³/mol. The molecule has 0 radical (unpaired) electrons. The smallest absolute Gasteiger partial charge is 0.222 e. The molecule has 26 heavy (non-hydrogen) atoms. The summed E-state index contributed by atoms with van der Waals surface area (Å²) in [6, 6.07) is 4.92. The molecule has 0 spiro atoms. The van der Waals surface area contributed by atoms with Gasteiger partial charge in [0.2, 0.25) is 5.95 Å². The summed E-state index contributed by atoms with van der Waals surface area (Å²) >= 11 is 0. The molecule has 2 heterocycles. The number of ether oxygens (including phenoxy) is 2. The van der Waals surface area contributed by atoms with Crippen LogP contribution >= 0.6 is 12.4 Å². The molecular formula is C18H24ClFN4O2. The molecule has 142 valence electrons. The van der Waals surface area contributed by atoms with Crippen molar-refractivity contribution in [3.05, 3.63) is 35.9 Å². The highest BCUT2D eigenvalue weighted by molar-refractivity contribution is 5.85. The SMILES string of the molecule is COc1ccc(F)c(-c2cnc(NCC3COCCN3C)nc2C)c1.Cl. The maximum absolute atomic E-state index is 14.2. The van der Waals surface area contributed by atoms with Crippen LogP contribution in [0.15, 0.2) is 24.4 Å². The second-order valence-corrected chi connectivity index (χ2v) is 6.13. The van der Waals surface area contributed by atoms with Crippen molar-refractivity contribution in [2.45, 2.75) is 13.0 Å². The van der Waals surface area contributed by atoms with Gasteiger partial charge in [0.15, 0.2) is 0 Å². The Morgan fingerprint density at radius 2 is 2.19 bits per heavy atom. The van der Waals surface area contributed by atoms with E-state index >= 15 is 0 Å². The standard InChI is InChI=1S/C18H23FN4O2.ClH/c1-12-16(15-8-14(24-3)4-5-17(15)19)10-21-18(22-12)20-9-13-11-25-7-6-23(13)2;/h4-5,8,10,13H,6-7,9,11H2,1-3H3,(H,20,21,22);1H. The molecule has 0 saturated carbocycles. The fourth-order valence-corrected chi connectivity index (χ4v) is 2.82.